The third kappa shape index (κ3) is 4.54. The zero-order valence-electron chi connectivity index (χ0n) is 12.0. The lowest BCUT2D eigenvalue weighted by atomic mass is 10.1. The Balaban J connectivity index is 2.98. The molecule has 0 heterocycles. The summed E-state index contributed by atoms with van der Waals surface area (Å²) in [4.78, 5) is 14.2. The molecular formula is C14H20Cl2N2O2. The summed E-state index contributed by atoms with van der Waals surface area (Å²) in [6.07, 6.45) is 0. The van der Waals surface area contributed by atoms with Crippen molar-refractivity contribution in [2.45, 2.75) is 13.8 Å². The molecule has 4 nitrogen and oxygen atoms in total. The van der Waals surface area contributed by atoms with Gasteiger partial charge in [0.05, 0.1) is 22.3 Å². The van der Waals surface area contributed by atoms with Crippen molar-refractivity contribution in [1.29, 1.82) is 0 Å². The molecule has 0 unspecified atom stereocenters. The van der Waals surface area contributed by atoms with Gasteiger partial charge in [-0.3, -0.25) is 4.79 Å². The number of hydrogen-bond donors (Lipinski definition) is 1. The van der Waals surface area contributed by atoms with Crippen molar-refractivity contribution in [3.05, 3.63) is 27.7 Å². The summed E-state index contributed by atoms with van der Waals surface area (Å²) in [5.41, 5.74) is 6.40. The number of nitrogens with two attached hydrogens (primary N) is 1. The molecule has 6 heteroatoms. The Morgan fingerprint density at radius 3 is 2.35 bits per heavy atom. The molecule has 112 valence electrons. The van der Waals surface area contributed by atoms with Crippen LogP contribution in [-0.4, -0.2) is 37.6 Å². The van der Waals surface area contributed by atoms with Gasteiger partial charge in [0, 0.05) is 25.8 Å². The molecule has 20 heavy (non-hydrogen) atoms. The fourth-order valence-corrected chi connectivity index (χ4v) is 2.30. The molecule has 1 aromatic carbocycles. The van der Waals surface area contributed by atoms with E-state index in [1.165, 1.54) is 0 Å². The predicted molar refractivity (Wildman–Crippen MR) is 83.5 cm³/mol. The Bertz CT molecular complexity index is 455. The molecule has 2 N–H and O–H groups in total. The minimum absolute atomic E-state index is 0.125. The lowest BCUT2D eigenvalue weighted by Gasteiger charge is -2.24. The van der Waals surface area contributed by atoms with Gasteiger partial charge in [0.1, 0.15) is 0 Å². The van der Waals surface area contributed by atoms with E-state index in [4.69, 9.17) is 33.7 Å². The number of carbonyl (C=O) groups excluding carboxylic acids is 1. The SMILES string of the molecule is COCCN(CC(C)C)C(=O)c1cc(Cl)c(N)c(Cl)c1. The molecule has 0 aliphatic carbocycles. The molecule has 0 saturated heterocycles. The maximum absolute atomic E-state index is 12.5. The van der Waals surface area contributed by atoms with Crippen LogP contribution in [0.5, 0.6) is 0 Å². The fraction of sp³-hybridized carbons (Fsp3) is 0.500. The highest BCUT2D eigenvalue weighted by Gasteiger charge is 2.18. The highest BCUT2D eigenvalue weighted by molar-refractivity contribution is 6.39. The van der Waals surface area contributed by atoms with E-state index in [0.717, 1.165) is 0 Å². The highest BCUT2D eigenvalue weighted by Crippen LogP contribution is 2.29. The summed E-state index contributed by atoms with van der Waals surface area (Å²) >= 11 is 11.9. The van der Waals surface area contributed by atoms with Crippen molar-refractivity contribution in [2.75, 3.05) is 32.5 Å². The number of rotatable bonds is 6. The van der Waals surface area contributed by atoms with Gasteiger partial charge in [-0.05, 0) is 18.1 Å². The summed E-state index contributed by atoms with van der Waals surface area (Å²) in [7, 11) is 1.61. The van der Waals surface area contributed by atoms with Crippen molar-refractivity contribution in [3.63, 3.8) is 0 Å². The molecule has 1 aromatic rings. The lowest BCUT2D eigenvalue weighted by molar-refractivity contribution is 0.0672. The van der Waals surface area contributed by atoms with Crippen LogP contribution < -0.4 is 5.73 Å². The summed E-state index contributed by atoms with van der Waals surface area (Å²) in [6, 6.07) is 3.09. The van der Waals surface area contributed by atoms with Gasteiger partial charge < -0.3 is 15.4 Å². The number of benzene rings is 1. The first-order valence-corrected chi connectivity index (χ1v) is 7.15. The third-order valence-electron chi connectivity index (χ3n) is 2.76. The van der Waals surface area contributed by atoms with Crippen LogP contribution >= 0.6 is 23.2 Å². The van der Waals surface area contributed by atoms with Crippen molar-refractivity contribution < 1.29 is 9.53 Å². The number of methoxy groups -OCH3 is 1. The van der Waals surface area contributed by atoms with Crippen LogP contribution in [0.2, 0.25) is 10.0 Å². The quantitative estimate of drug-likeness (QED) is 0.818. The first-order valence-electron chi connectivity index (χ1n) is 6.39. The molecule has 0 aromatic heterocycles. The zero-order valence-corrected chi connectivity index (χ0v) is 13.5. The van der Waals surface area contributed by atoms with E-state index in [1.54, 1.807) is 24.1 Å². The molecule has 0 aliphatic heterocycles. The van der Waals surface area contributed by atoms with Gasteiger partial charge >= 0.3 is 0 Å². The van der Waals surface area contributed by atoms with Crippen molar-refractivity contribution >= 4 is 34.8 Å². The summed E-state index contributed by atoms with van der Waals surface area (Å²) in [5.74, 6) is 0.232. The Morgan fingerprint density at radius 2 is 1.90 bits per heavy atom. The Labute approximate surface area is 129 Å². The molecule has 0 aliphatic rings. The maximum Gasteiger partial charge on any atom is 0.254 e. The number of anilines is 1. The monoisotopic (exact) mass is 318 g/mol. The lowest BCUT2D eigenvalue weighted by Crippen LogP contribution is -2.36. The largest absolute Gasteiger partial charge is 0.396 e. The first-order chi connectivity index (χ1) is 9.36. The minimum Gasteiger partial charge on any atom is -0.396 e. The summed E-state index contributed by atoms with van der Waals surface area (Å²) < 4.78 is 5.04. The van der Waals surface area contributed by atoms with Gasteiger partial charge in [-0.1, -0.05) is 37.0 Å². The van der Waals surface area contributed by atoms with Gasteiger partial charge in [0.2, 0.25) is 0 Å². The van der Waals surface area contributed by atoms with Gasteiger partial charge in [-0.25, -0.2) is 0 Å². The highest BCUT2D eigenvalue weighted by atomic mass is 35.5. The molecule has 0 fully saturated rings. The smallest absolute Gasteiger partial charge is 0.254 e. The number of amides is 1. The van der Waals surface area contributed by atoms with Crippen LogP contribution in [0.1, 0.15) is 24.2 Å². The molecule has 0 spiro atoms. The Hall–Kier alpha value is -0.970. The van der Waals surface area contributed by atoms with Gasteiger partial charge in [0.15, 0.2) is 0 Å². The predicted octanol–water partition coefficient (Wildman–Crippen LogP) is 3.32. The van der Waals surface area contributed by atoms with Crippen LogP contribution in [0.4, 0.5) is 5.69 Å². The van der Waals surface area contributed by atoms with Crippen molar-refractivity contribution in [3.8, 4) is 0 Å². The van der Waals surface area contributed by atoms with E-state index in [9.17, 15) is 4.79 Å². The van der Waals surface area contributed by atoms with Crippen LogP contribution in [0.25, 0.3) is 0 Å². The molecule has 0 atom stereocenters. The number of nitrogen functional groups attached to an aromatic ring is 1. The molecular weight excluding hydrogens is 299 g/mol. The second kappa shape index (κ2) is 7.72. The fourth-order valence-electron chi connectivity index (χ4n) is 1.81. The number of halogens is 2. The van der Waals surface area contributed by atoms with Crippen LogP contribution in [0, 0.1) is 5.92 Å². The van der Waals surface area contributed by atoms with Gasteiger partial charge in [-0.2, -0.15) is 0 Å². The van der Waals surface area contributed by atoms with Crippen LogP contribution in [0.3, 0.4) is 0 Å². The van der Waals surface area contributed by atoms with E-state index in [2.05, 4.69) is 13.8 Å². The normalized spacial score (nSPS) is 10.9. The van der Waals surface area contributed by atoms with Gasteiger partial charge in [-0.15, -0.1) is 0 Å². The standard InChI is InChI=1S/C14H20Cl2N2O2/c1-9(2)8-18(4-5-20-3)14(19)10-6-11(15)13(17)12(16)7-10/h6-7,9H,4-5,8,17H2,1-3H3. The summed E-state index contributed by atoms with van der Waals surface area (Å²) in [5, 5.41) is 0.578. The van der Waals surface area contributed by atoms with E-state index in [1.807, 2.05) is 0 Å². The van der Waals surface area contributed by atoms with Gasteiger partial charge in [0.25, 0.3) is 5.91 Å². The average molecular weight is 319 g/mol. The van der Waals surface area contributed by atoms with E-state index in [0.29, 0.717) is 31.2 Å². The molecule has 0 bridgehead atoms. The van der Waals surface area contributed by atoms with Crippen molar-refractivity contribution in [2.24, 2.45) is 5.92 Å². The Kier molecular flexibility index (Phi) is 6.59. The number of carbonyl (C=O) groups is 1. The second-order valence-corrected chi connectivity index (χ2v) is 5.81. The number of nitrogens with zero attached hydrogens (tertiary/aromatic N) is 1. The van der Waals surface area contributed by atoms with E-state index in [-0.39, 0.29) is 21.6 Å². The minimum atomic E-state index is -0.125. The molecule has 0 radical (unpaired) electrons. The van der Waals surface area contributed by atoms with E-state index < -0.39 is 0 Å². The average Bonchev–Trinajstić information content (AvgIpc) is 2.39. The second-order valence-electron chi connectivity index (χ2n) is 4.99. The van der Waals surface area contributed by atoms with Crippen LogP contribution in [-0.2, 0) is 4.74 Å². The molecule has 1 amide bonds. The number of hydrogen-bond acceptors (Lipinski definition) is 3. The van der Waals surface area contributed by atoms with Crippen LogP contribution in [0.15, 0.2) is 12.1 Å². The third-order valence-corrected chi connectivity index (χ3v) is 3.39. The molecule has 0 saturated carbocycles. The first kappa shape index (κ1) is 17.1. The number of ether oxygens (including phenoxy) is 1. The topological polar surface area (TPSA) is 55.6 Å². The summed E-state index contributed by atoms with van der Waals surface area (Å²) in [6.45, 7) is 5.75. The Morgan fingerprint density at radius 1 is 1.35 bits per heavy atom. The van der Waals surface area contributed by atoms with E-state index >= 15 is 0 Å². The molecule has 1 rings (SSSR count). The maximum atomic E-state index is 12.5. The van der Waals surface area contributed by atoms with Crippen molar-refractivity contribution in [1.82, 2.24) is 4.90 Å². The zero-order chi connectivity index (χ0) is 15.3.